The molecule has 2 aromatic heterocycles. The molecule has 0 N–H and O–H groups in total. The molecule has 2 bridgehead atoms. The van der Waals surface area contributed by atoms with Crippen molar-refractivity contribution in [2.24, 2.45) is 0 Å². The number of piperidine rings is 1. The lowest BCUT2D eigenvalue weighted by Gasteiger charge is -2.38. The summed E-state index contributed by atoms with van der Waals surface area (Å²) in [5, 5.41) is 0. The molecule has 152 valence electrons. The van der Waals surface area contributed by atoms with Gasteiger partial charge in [-0.3, -0.25) is 4.79 Å². The van der Waals surface area contributed by atoms with Gasteiger partial charge in [-0.05, 0) is 50.7 Å². The number of rotatable bonds is 5. The van der Waals surface area contributed by atoms with E-state index >= 15 is 0 Å². The highest BCUT2D eigenvalue weighted by Gasteiger charge is 2.44. The minimum absolute atomic E-state index is 0.0775. The predicted octanol–water partition coefficient (Wildman–Crippen LogP) is 4.01. The molecule has 1 amide bonds. The Bertz CT molecular complexity index is 822. The molecule has 2 atom stereocenters. The van der Waals surface area contributed by atoms with Crippen molar-refractivity contribution in [3.05, 3.63) is 48.3 Å². The van der Waals surface area contributed by atoms with Crippen LogP contribution in [0.15, 0.2) is 42.7 Å². The molecule has 0 radical (unpaired) electrons. The van der Waals surface area contributed by atoms with Crippen LogP contribution in [0.25, 0.3) is 0 Å². The Kier molecular flexibility index (Phi) is 5.08. The molecule has 1 saturated carbocycles. The van der Waals surface area contributed by atoms with Gasteiger partial charge in [0, 0.05) is 49.5 Å². The summed E-state index contributed by atoms with van der Waals surface area (Å²) in [6.07, 6.45) is 12.2. The Labute approximate surface area is 171 Å². The molecule has 3 aliphatic rings. The van der Waals surface area contributed by atoms with Gasteiger partial charge in [0.1, 0.15) is 12.2 Å². The summed E-state index contributed by atoms with van der Waals surface area (Å²) >= 11 is 0. The first-order valence-electron chi connectivity index (χ1n) is 10.8. The number of hydrogen-bond acceptors (Lipinski definition) is 5. The third-order valence-corrected chi connectivity index (χ3v) is 6.42. The summed E-state index contributed by atoms with van der Waals surface area (Å²) in [6, 6.07) is 9.85. The molecular formula is C23H27N3O3. The van der Waals surface area contributed by atoms with Crippen LogP contribution in [0.1, 0.15) is 61.7 Å². The van der Waals surface area contributed by atoms with Crippen molar-refractivity contribution in [1.29, 1.82) is 0 Å². The Morgan fingerprint density at radius 2 is 1.59 bits per heavy atom. The maximum Gasteiger partial charge on any atom is 0.255 e. The maximum absolute atomic E-state index is 13.2. The minimum atomic E-state index is 0.0775. The van der Waals surface area contributed by atoms with Crippen LogP contribution in [-0.4, -0.2) is 45.1 Å². The SMILES string of the molecule is O=C(c1ccc(OC2CCCC2)nc1)N1C2CCC1CC(Oc1ccccn1)C2. The van der Waals surface area contributed by atoms with Crippen molar-refractivity contribution >= 4 is 5.91 Å². The minimum Gasteiger partial charge on any atom is -0.474 e. The van der Waals surface area contributed by atoms with E-state index in [2.05, 4.69) is 14.9 Å². The van der Waals surface area contributed by atoms with E-state index in [-0.39, 0.29) is 30.2 Å². The van der Waals surface area contributed by atoms with E-state index in [0.29, 0.717) is 17.3 Å². The third-order valence-electron chi connectivity index (χ3n) is 6.42. The molecule has 3 fully saturated rings. The van der Waals surface area contributed by atoms with Crippen molar-refractivity contribution in [2.75, 3.05) is 0 Å². The summed E-state index contributed by atoms with van der Waals surface area (Å²) in [5.41, 5.74) is 0.643. The first-order valence-corrected chi connectivity index (χ1v) is 10.8. The van der Waals surface area contributed by atoms with Crippen LogP contribution in [0.5, 0.6) is 11.8 Å². The number of hydrogen-bond donors (Lipinski definition) is 0. The smallest absolute Gasteiger partial charge is 0.255 e. The number of nitrogens with zero attached hydrogens (tertiary/aromatic N) is 3. The molecule has 4 heterocycles. The summed E-state index contributed by atoms with van der Waals surface area (Å²) in [6.45, 7) is 0. The van der Waals surface area contributed by atoms with E-state index in [1.54, 1.807) is 12.4 Å². The van der Waals surface area contributed by atoms with Crippen molar-refractivity contribution < 1.29 is 14.3 Å². The van der Waals surface area contributed by atoms with Gasteiger partial charge in [0.25, 0.3) is 5.91 Å². The Morgan fingerprint density at radius 3 is 2.24 bits per heavy atom. The average molecular weight is 393 g/mol. The number of carbonyl (C=O) groups is 1. The molecule has 2 aliphatic heterocycles. The molecule has 1 aliphatic carbocycles. The van der Waals surface area contributed by atoms with Crippen molar-refractivity contribution in [1.82, 2.24) is 14.9 Å². The lowest BCUT2D eigenvalue weighted by molar-refractivity contribution is 0.0347. The van der Waals surface area contributed by atoms with Gasteiger partial charge in [0.15, 0.2) is 0 Å². The van der Waals surface area contributed by atoms with Gasteiger partial charge in [0.05, 0.1) is 5.56 Å². The second kappa shape index (κ2) is 8.01. The molecule has 2 saturated heterocycles. The first-order chi connectivity index (χ1) is 14.3. The summed E-state index contributed by atoms with van der Waals surface area (Å²) in [7, 11) is 0. The highest BCUT2D eigenvalue weighted by molar-refractivity contribution is 5.94. The van der Waals surface area contributed by atoms with Gasteiger partial charge in [0.2, 0.25) is 11.8 Å². The van der Waals surface area contributed by atoms with Crippen LogP contribution in [0.2, 0.25) is 0 Å². The zero-order valence-corrected chi connectivity index (χ0v) is 16.6. The fourth-order valence-electron chi connectivity index (χ4n) is 5.05. The summed E-state index contributed by atoms with van der Waals surface area (Å²) < 4.78 is 12.0. The number of aromatic nitrogens is 2. The van der Waals surface area contributed by atoms with Crippen LogP contribution >= 0.6 is 0 Å². The fraction of sp³-hybridized carbons (Fsp3) is 0.522. The van der Waals surface area contributed by atoms with Gasteiger partial charge in [-0.25, -0.2) is 9.97 Å². The zero-order valence-electron chi connectivity index (χ0n) is 16.6. The number of fused-ring (bicyclic) bond motifs is 2. The third kappa shape index (κ3) is 3.93. The lowest BCUT2D eigenvalue weighted by atomic mass is 9.98. The highest BCUT2D eigenvalue weighted by atomic mass is 16.5. The molecule has 2 aromatic rings. The second-order valence-electron chi connectivity index (χ2n) is 8.39. The van der Waals surface area contributed by atoms with E-state index in [1.807, 2.05) is 30.3 Å². The number of amides is 1. The van der Waals surface area contributed by atoms with Gasteiger partial charge in [-0.15, -0.1) is 0 Å². The van der Waals surface area contributed by atoms with Gasteiger partial charge < -0.3 is 14.4 Å². The van der Waals surface area contributed by atoms with E-state index in [9.17, 15) is 4.79 Å². The highest BCUT2D eigenvalue weighted by Crippen LogP contribution is 2.38. The Balaban J connectivity index is 1.22. The monoisotopic (exact) mass is 393 g/mol. The normalized spacial score (nSPS) is 26.5. The van der Waals surface area contributed by atoms with Gasteiger partial charge in [-0.1, -0.05) is 6.07 Å². The Hall–Kier alpha value is -2.63. The molecule has 6 nitrogen and oxygen atoms in total. The molecule has 0 aromatic carbocycles. The number of ether oxygens (including phenoxy) is 2. The summed E-state index contributed by atoms with van der Waals surface area (Å²) in [5.74, 6) is 1.37. The number of pyridine rings is 2. The Morgan fingerprint density at radius 1 is 0.862 bits per heavy atom. The fourth-order valence-corrected chi connectivity index (χ4v) is 5.05. The molecule has 0 spiro atoms. The second-order valence-corrected chi connectivity index (χ2v) is 8.39. The average Bonchev–Trinajstić information content (AvgIpc) is 3.35. The first kappa shape index (κ1) is 18.4. The van der Waals surface area contributed by atoms with Crippen LogP contribution in [0.4, 0.5) is 0 Å². The summed E-state index contributed by atoms with van der Waals surface area (Å²) in [4.78, 5) is 23.9. The molecule has 29 heavy (non-hydrogen) atoms. The molecule has 5 rings (SSSR count). The largest absolute Gasteiger partial charge is 0.474 e. The van der Waals surface area contributed by atoms with Gasteiger partial charge >= 0.3 is 0 Å². The standard InChI is InChI=1S/C23H27N3O3/c27-23(16-8-11-22(25-15-16)28-19-5-1-2-6-19)26-17-9-10-18(26)14-20(13-17)29-21-7-3-4-12-24-21/h3-4,7-8,11-12,15,17-20H,1-2,5-6,9-10,13-14H2. The van der Waals surface area contributed by atoms with Crippen LogP contribution in [0.3, 0.4) is 0 Å². The van der Waals surface area contributed by atoms with Crippen molar-refractivity contribution in [3.8, 4) is 11.8 Å². The molecular weight excluding hydrogens is 366 g/mol. The quantitative estimate of drug-likeness (QED) is 0.768. The van der Waals surface area contributed by atoms with E-state index in [1.165, 1.54) is 12.8 Å². The van der Waals surface area contributed by atoms with E-state index < -0.39 is 0 Å². The van der Waals surface area contributed by atoms with E-state index in [4.69, 9.17) is 9.47 Å². The lowest BCUT2D eigenvalue weighted by Crippen LogP contribution is -2.49. The van der Waals surface area contributed by atoms with Crippen molar-refractivity contribution in [2.45, 2.75) is 75.7 Å². The topological polar surface area (TPSA) is 64.5 Å². The van der Waals surface area contributed by atoms with E-state index in [0.717, 1.165) is 38.5 Å². The van der Waals surface area contributed by atoms with Crippen LogP contribution in [0, 0.1) is 0 Å². The van der Waals surface area contributed by atoms with Crippen LogP contribution < -0.4 is 9.47 Å². The molecule has 2 unspecified atom stereocenters. The maximum atomic E-state index is 13.2. The number of carbonyl (C=O) groups excluding carboxylic acids is 1. The van der Waals surface area contributed by atoms with Crippen molar-refractivity contribution in [3.63, 3.8) is 0 Å². The molecule has 6 heteroatoms. The van der Waals surface area contributed by atoms with Gasteiger partial charge in [-0.2, -0.15) is 0 Å². The zero-order chi connectivity index (χ0) is 19.6. The predicted molar refractivity (Wildman–Crippen MR) is 108 cm³/mol. The van der Waals surface area contributed by atoms with Crippen LogP contribution in [-0.2, 0) is 0 Å².